The summed E-state index contributed by atoms with van der Waals surface area (Å²) in [5.74, 6) is 0. The minimum Gasteiger partial charge on any atom is -0.299 e. The summed E-state index contributed by atoms with van der Waals surface area (Å²) in [5.41, 5.74) is 4.15. The standard InChI is InChI=1S/C21H16N4O2S/c26-28(27,18-10-8-15(9-11-18)20-13-22-20)24-16-4-3-5-17(12-16)25-14-23-19-6-1-2-7-21(19)25/h1-14,20,24H. The lowest BCUT2D eigenvalue weighted by atomic mass is 10.1. The number of sulfonamides is 1. The summed E-state index contributed by atoms with van der Waals surface area (Å²) < 4.78 is 30.1. The first-order chi connectivity index (χ1) is 13.6. The Bertz CT molecular complexity index is 1300. The first-order valence-corrected chi connectivity index (χ1v) is 10.3. The van der Waals surface area contributed by atoms with Gasteiger partial charge >= 0.3 is 0 Å². The molecule has 6 nitrogen and oxygen atoms in total. The van der Waals surface area contributed by atoms with Crippen LogP contribution >= 0.6 is 0 Å². The number of fused-ring (bicyclic) bond motifs is 1. The van der Waals surface area contributed by atoms with Crippen molar-refractivity contribution in [3.63, 3.8) is 0 Å². The van der Waals surface area contributed by atoms with E-state index in [-0.39, 0.29) is 10.9 Å². The molecule has 0 radical (unpaired) electrons. The Kier molecular flexibility index (Phi) is 3.77. The van der Waals surface area contributed by atoms with Crippen LogP contribution in [0.4, 0.5) is 5.69 Å². The number of aromatic nitrogens is 2. The predicted octanol–water partition coefficient (Wildman–Crippen LogP) is 3.95. The molecule has 3 aromatic carbocycles. The highest BCUT2D eigenvalue weighted by atomic mass is 32.2. The summed E-state index contributed by atoms with van der Waals surface area (Å²) in [6.07, 6.45) is 3.56. The van der Waals surface area contributed by atoms with Crippen LogP contribution in [-0.2, 0) is 10.0 Å². The van der Waals surface area contributed by atoms with Crippen molar-refractivity contribution in [3.05, 3.63) is 84.7 Å². The highest BCUT2D eigenvalue weighted by Gasteiger charge is 2.19. The Labute approximate surface area is 162 Å². The molecule has 1 N–H and O–H groups in total. The van der Waals surface area contributed by atoms with Gasteiger partial charge in [-0.3, -0.25) is 14.3 Å². The maximum atomic E-state index is 12.7. The number of benzene rings is 3. The lowest BCUT2D eigenvalue weighted by Gasteiger charge is -2.11. The minimum absolute atomic E-state index is 0.103. The Balaban J connectivity index is 1.44. The monoisotopic (exact) mass is 388 g/mol. The Morgan fingerprint density at radius 1 is 0.929 bits per heavy atom. The van der Waals surface area contributed by atoms with E-state index in [2.05, 4.69) is 14.7 Å². The second-order valence-corrected chi connectivity index (χ2v) is 8.25. The van der Waals surface area contributed by atoms with Gasteiger partial charge in [-0.25, -0.2) is 13.4 Å². The molecule has 28 heavy (non-hydrogen) atoms. The fourth-order valence-corrected chi connectivity index (χ4v) is 4.21. The number of imidazole rings is 1. The number of aliphatic imine (C=N–C) groups is 1. The second kappa shape index (κ2) is 6.31. The first-order valence-electron chi connectivity index (χ1n) is 8.79. The summed E-state index contributed by atoms with van der Waals surface area (Å²) in [6.45, 7) is 0. The Morgan fingerprint density at radius 3 is 2.50 bits per heavy atom. The van der Waals surface area contributed by atoms with Crippen molar-refractivity contribution in [1.82, 2.24) is 9.55 Å². The van der Waals surface area contributed by atoms with Gasteiger partial charge in [-0.1, -0.05) is 30.3 Å². The fraction of sp³-hybridized carbons (Fsp3) is 0.0476. The smallest absolute Gasteiger partial charge is 0.261 e. The van der Waals surface area contributed by atoms with Gasteiger partial charge in [0.25, 0.3) is 10.0 Å². The third-order valence-electron chi connectivity index (χ3n) is 4.66. The van der Waals surface area contributed by atoms with E-state index in [1.54, 1.807) is 42.7 Å². The molecule has 138 valence electrons. The molecule has 0 amide bonds. The van der Waals surface area contributed by atoms with Gasteiger partial charge in [0.1, 0.15) is 12.4 Å². The van der Waals surface area contributed by atoms with Gasteiger partial charge in [-0.15, -0.1) is 0 Å². The van der Waals surface area contributed by atoms with E-state index in [1.807, 2.05) is 47.2 Å². The van der Waals surface area contributed by atoms with Crippen molar-refractivity contribution in [2.45, 2.75) is 10.9 Å². The van der Waals surface area contributed by atoms with Gasteiger partial charge in [0.15, 0.2) is 0 Å². The van der Waals surface area contributed by atoms with Gasteiger partial charge in [-0.2, -0.15) is 0 Å². The highest BCUT2D eigenvalue weighted by Crippen LogP contribution is 2.26. The zero-order valence-electron chi connectivity index (χ0n) is 14.7. The van der Waals surface area contributed by atoms with E-state index in [0.717, 1.165) is 22.3 Å². The van der Waals surface area contributed by atoms with E-state index in [4.69, 9.17) is 0 Å². The molecule has 0 bridgehead atoms. The quantitative estimate of drug-likeness (QED) is 0.562. The van der Waals surface area contributed by atoms with Crippen LogP contribution in [0.15, 0.2) is 89.0 Å². The number of para-hydroxylation sites is 2. The number of rotatable bonds is 5. The van der Waals surface area contributed by atoms with Crippen LogP contribution in [0, 0.1) is 0 Å². The molecule has 1 atom stereocenters. The molecule has 1 aromatic heterocycles. The molecule has 7 heteroatoms. The second-order valence-electron chi connectivity index (χ2n) is 6.57. The molecule has 0 aliphatic carbocycles. The molecule has 0 fully saturated rings. The molecule has 4 aromatic rings. The molecule has 0 spiro atoms. The van der Waals surface area contributed by atoms with E-state index in [0.29, 0.717) is 5.69 Å². The zero-order valence-corrected chi connectivity index (χ0v) is 15.5. The summed E-state index contributed by atoms with van der Waals surface area (Å²) in [4.78, 5) is 8.70. The molecular weight excluding hydrogens is 372 g/mol. The number of hydrogen-bond donors (Lipinski definition) is 1. The summed E-state index contributed by atoms with van der Waals surface area (Å²) in [6, 6.07) is 21.9. The van der Waals surface area contributed by atoms with Crippen LogP contribution in [0.1, 0.15) is 11.6 Å². The van der Waals surface area contributed by atoms with E-state index in [1.165, 1.54) is 0 Å². The van der Waals surface area contributed by atoms with Crippen molar-refractivity contribution < 1.29 is 8.42 Å². The molecular formula is C21H16N4O2S. The normalized spacial score (nSPS) is 15.6. The topological polar surface area (TPSA) is 76.3 Å². The van der Waals surface area contributed by atoms with Crippen LogP contribution in [-0.4, -0.2) is 24.2 Å². The largest absolute Gasteiger partial charge is 0.299 e. The Morgan fingerprint density at radius 2 is 1.71 bits per heavy atom. The molecule has 5 rings (SSSR count). The average Bonchev–Trinajstić information content (AvgIpc) is 3.47. The number of anilines is 1. The maximum absolute atomic E-state index is 12.7. The van der Waals surface area contributed by atoms with Crippen molar-refractivity contribution in [3.8, 4) is 5.69 Å². The summed E-state index contributed by atoms with van der Waals surface area (Å²) in [5, 5.41) is 0. The van der Waals surface area contributed by atoms with Gasteiger partial charge in [0.2, 0.25) is 0 Å². The van der Waals surface area contributed by atoms with Crippen LogP contribution in [0.3, 0.4) is 0 Å². The van der Waals surface area contributed by atoms with Gasteiger partial charge < -0.3 is 0 Å². The molecule has 1 unspecified atom stereocenters. The van der Waals surface area contributed by atoms with Crippen molar-refractivity contribution in [2.75, 3.05) is 4.72 Å². The third-order valence-corrected chi connectivity index (χ3v) is 6.06. The van der Waals surface area contributed by atoms with E-state index < -0.39 is 10.0 Å². The number of hydrogen-bond acceptors (Lipinski definition) is 4. The summed E-state index contributed by atoms with van der Waals surface area (Å²) >= 11 is 0. The van der Waals surface area contributed by atoms with Crippen LogP contribution in [0.25, 0.3) is 16.7 Å². The lowest BCUT2D eigenvalue weighted by molar-refractivity contribution is 0.601. The molecule has 1 aliphatic heterocycles. The van der Waals surface area contributed by atoms with Crippen LogP contribution in [0.5, 0.6) is 0 Å². The predicted molar refractivity (Wildman–Crippen MR) is 110 cm³/mol. The van der Waals surface area contributed by atoms with E-state index >= 15 is 0 Å². The minimum atomic E-state index is -3.68. The van der Waals surface area contributed by atoms with E-state index in [9.17, 15) is 8.42 Å². The van der Waals surface area contributed by atoms with Gasteiger partial charge in [0, 0.05) is 11.9 Å². The molecule has 0 saturated carbocycles. The zero-order chi connectivity index (χ0) is 19.1. The molecule has 2 heterocycles. The SMILES string of the molecule is O=S(=O)(Nc1cccc(-n2cnc3ccccc32)c1)c1ccc(C2C=N2)cc1. The van der Waals surface area contributed by atoms with Crippen molar-refractivity contribution in [2.24, 2.45) is 4.99 Å². The van der Waals surface area contributed by atoms with Gasteiger partial charge in [-0.05, 0) is 48.0 Å². The number of nitrogens with one attached hydrogen (secondary N) is 1. The van der Waals surface area contributed by atoms with Gasteiger partial charge in [0.05, 0.1) is 21.6 Å². The third kappa shape index (κ3) is 3.05. The average molecular weight is 388 g/mol. The first kappa shape index (κ1) is 16.7. The Hall–Kier alpha value is -3.45. The maximum Gasteiger partial charge on any atom is 0.261 e. The van der Waals surface area contributed by atoms with Crippen molar-refractivity contribution >= 4 is 33.0 Å². The van der Waals surface area contributed by atoms with Crippen molar-refractivity contribution in [1.29, 1.82) is 0 Å². The lowest BCUT2D eigenvalue weighted by Crippen LogP contribution is -2.13. The van der Waals surface area contributed by atoms with Crippen LogP contribution < -0.4 is 4.72 Å². The molecule has 0 saturated heterocycles. The highest BCUT2D eigenvalue weighted by molar-refractivity contribution is 7.92. The van der Waals surface area contributed by atoms with Crippen LogP contribution in [0.2, 0.25) is 0 Å². The molecule has 1 aliphatic rings. The fourth-order valence-electron chi connectivity index (χ4n) is 3.16. The number of nitrogens with zero attached hydrogens (tertiary/aromatic N) is 3. The summed E-state index contributed by atoms with van der Waals surface area (Å²) in [7, 11) is -3.68.